The number of hydrogen-bond donors (Lipinski definition) is 1. The van der Waals surface area contributed by atoms with Crippen LogP contribution in [0.3, 0.4) is 0 Å². The molecule has 0 saturated heterocycles. The molecule has 0 radical (unpaired) electrons. The molecule has 0 aliphatic heterocycles. The lowest BCUT2D eigenvalue weighted by atomic mass is 10.3. The van der Waals surface area contributed by atoms with Crippen molar-refractivity contribution in [3.8, 4) is 0 Å². The van der Waals surface area contributed by atoms with Gasteiger partial charge in [-0.1, -0.05) is 15.9 Å². The van der Waals surface area contributed by atoms with Crippen LogP contribution in [0.15, 0.2) is 28.7 Å². The summed E-state index contributed by atoms with van der Waals surface area (Å²) in [5.74, 6) is -0.513. The zero-order chi connectivity index (χ0) is 13.4. The maximum Gasteiger partial charge on any atom is 0.224 e. The van der Waals surface area contributed by atoms with E-state index in [0.717, 1.165) is 10.2 Å². The smallest absolute Gasteiger partial charge is 0.224 e. The number of carbonyl (C=O) groups is 2. The highest BCUT2D eigenvalue weighted by Gasteiger charge is 2.02. The van der Waals surface area contributed by atoms with E-state index in [1.165, 1.54) is 11.8 Å². The van der Waals surface area contributed by atoms with Gasteiger partial charge in [0.2, 0.25) is 5.91 Å². The van der Waals surface area contributed by atoms with E-state index < -0.39 is 5.97 Å². The van der Waals surface area contributed by atoms with Gasteiger partial charge in [0.05, 0.1) is 5.97 Å². The van der Waals surface area contributed by atoms with E-state index in [4.69, 9.17) is 0 Å². The summed E-state index contributed by atoms with van der Waals surface area (Å²) in [6.45, 7) is 0. The molecule has 0 unspecified atom stereocenters. The van der Waals surface area contributed by atoms with Crippen LogP contribution in [0.5, 0.6) is 0 Å². The number of rotatable bonds is 7. The molecule has 1 N–H and O–H groups in total. The summed E-state index contributed by atoms with van der Waals surface area (Å²) in [6, 6.07) is 7.33. The predicted molar refractivity (Wildman–Crippen MR) is 74.3 cm³/mol. The second kappa shape index (κ2) is 8.16. The van der Waals surface area contributed by atoms with Crippen molar-refractivity contribution in [2.75, 3.05) is 16.8 Å². The fraction of sp³-hybridized carbons (Fsp3) is 0.333. The largest absolute Gasteiger partial charge is 0.549 e. The number of amides is 1. The van der Waals surface area contributed by atoms with Gasteiger partial charge < -0.3 is 15.2 Å². The number of carbonyl (C=O) groups excluding carboxylic acids is 2. The van der Waals surface area contributed by atoms with E-state index >= 15 is 0 Å². The first-order valence-electron chi connectivity index (χ1n) is 5.41. The summed E-state index contributed by atoms with van der Waals surface area (Å²) >= 11 is 4.58. The van der Waals surface area contributed by atoms with E-state index in [1.54, 1.807) is 0 Å². The average Bonchev–Trinajstić information content (AvgIpc) is 2.31. The standard InChI is InChI=1S/C12H14BrNO3S/c13-9-3-5-10(6-4-9)14-11(15)2-1-7-18-8-12(16)17/h3-6H,1-2,7-8H2,(H,14,15)(H,16,17)/p-1. The molecule has 4 nitrogen and oxygen atoms in total. The highest BCUT2D eigenvalue weighted by molar-refractivity contribution is 9.10. The van der Waals surface area contributed by atoms with E-state index in [1.807, 2.05) is 24.3 Å². The van der Waals surface area contributed by atoms with E-state index in [-0.39, 0.29) is 11.7 Å². The predicted octanol–water partition coefficient (Wildman–Crippen LogP) is 1.65. The molecule has 1 aromatic rings. The SMILES string of the molecule is O=C([O-])CSCCCC(=O)Nc1ccc(Br)cc1. The molecule has 1 rings (SSSR count). The zero-order valence-electron chi connectivity index (χ0n) is 9.65. The molecule has 98 valence electrons. The molecule has 0 saturated carbocycles. The van der Waals surface area contributed by atoms with Gasteiger partial charge in [-0.15, -0.1) is 0 Å². The number of carboxylic acid groups (broad SMARTS) is 1. The Morgan fingerprint density at radius 1 is 1.28 bits per heavy atom. The van der Waals surface area contributed by atoms with Gasteiger partial charge in [0.25, 0.3) is 0 Å². The van der Waals surface area contributed by atoms with Crippen LogP contribution in [-0.4, -0.2) is 23.4 Å². The normalized spacial score (nSPS) is 10.1. The highest BCUT2D eigenvalue weighted by atomic mass is 79.9. The summed E-state index contributed by atoms with van der Waals surface area (Å²) < 4.78 is 0.958. The number of thioether (sulfide) groups is 1. The van der Waals surface area contributed by atoms with Crippen LogP contribution >= 0.6 is 27.7 Å². The molecule has 6 heteroatoms. The summed E-state index contributed by atoms with van der Waals surface area (Å²) in [6.07, 6.45) is 1.04. The number of aliphatic carboxylic acids is 1. The number of benzene rings is 1. The fourth-order valence-electron chi connectivity index (χ4n) is 1.25. The van der Waals surface area contributed by atoms with Crippen LogP contribution in [-0.2, 0) is 9.59 Å². The molecule has 0 fully saturated rings. The van der Waals surface area contributed by atoms with Crippen LogP contribution < -0.4 is 10.4 Å². The van der Waals surface area contributed by atoms with Gasteiger partial charge in [-0.25, -0.2) is 0 Å². The van der Waals surface area contributed by atoms with Crippen LogP contribution in [0.2, 0.25) is 0 Å². The van der Waals surface area contributed by atoms with Crippen LogP contribution in [0.1, 0.15) is 12.8 Å². The zero-order valence-corrected chi connectivity index (χ0v) is 12.1. The molecular weight excluding hydrogens is 318 g/mol. The van der Waals surface area contributed by atoms with E-state index in [9.17, 15) is 14.7 Å². The Kier molecular flexibility index (Phi) is 6.82. The van der Waals surface area contributed by atoms with Crippen molar-refractivity contribution >= 4 is 45.3 Å². The topological polar surface area (TPSA) is 69.2 Å². The van der Waals surface area contributed by atoms with E-state index in [2.05, 4.69) is 21.2 Å². The second-order valence-electron chi connectivity index (χ2n) is 3.58. The minimum atomic E-state index is -1.07. The van der Waals surface area contributed by atoms with Crippen molar-refractivity contribution in [2.45, 2.75) is 12.8 Å². The minimum Gasteiger partial charge on any atom is -0.549 e. The molecule has 1 amide bonds. The molecule has 0 aliphatic carbocycles. The van der Waals surface area contributed by atoms with Crippen molar-refractivity contribution in [3.05, 3.63) is 28.7 Å². The van der Waals surface area contributed by atoms with Gasteiger partial charge in [0.1, 0.15) is 0 Å². The molecule has 0 bridgehead atoms. The van der Waals surface area contributed by atoms with E-state index in [0.29, 0.717) is 18.6 Å². The van der Waals surface area contributed by atoms with Crippen molar-refractivity contribution in [2.24, 2.45) is 0 Å². The highest BCUT2D eigenvalue weighted by Crippen LogP contribution is 2.14. The van der Waals surface area contributed by atoms with Gasteiger partial charge in [0.15, 0.2) is 0 Å². The lowest BCUT2D eigenvalue weighted by molar-refractivity contribution is -0.301. The maximum atomic E-state index is 11.5. The van der Waals surface area contributed by atoms with Gasteiger partial charge >= 0.3 is 0 Å². The molecule has 0 aromatic heterocycles. The molecule has 0 atom stereocenters. The molecule has 0 spiro atoms. The first kappa shape index (κ1) is 15.0. The third-order valence-corrected chi connectivity index (χ3v) is 3.59. The Hall–Kier alpha value is -1.01. The fourth-order valence-corrected chi connectivity index (χ4v) is 2.17. The second-order valence-corrected chi connectivity index (χ2v) is 5.60. The lowest BCUT2D eigenvalue weighted by Crippen LogP contribution is -2.24. The Bertz CT molecular complexity index is 408. The number of carboxylic acids is 1. The van der Waals surface area contributed by atoms with Gasteiger partial charge in [-0.05, 0) is 36.4 Å². The molecule has 1 aromatic carbocycles. The van der Waals surface area contributed by atoms with Crippen LogP contribution in [0.25, 0.3) is 0 Å². The third-order valence-electron chi connectivity index (χ3n) is 2.04. The molecular formula is C12H13BrNO3S-. The Morgan fingerprint density at radius 2 is 1.94 bits per heavy atom. The van der Waals surface area contributed by atoms with Crippen LogP contribution in [0.4, 0.5) is 5.69 Å². The Labute approximate surface area is 118 Å². The summed E-state index contributed by atoms with van der Waals surface area (Å²) in [5, 5.41) is 12.9. The number of hydrogen-bond acceptors (Lipinski definition) is 4. The molecule has 18 heavy (non-hydrogen) atoms. The number of halogens is 1. The Morgan fingerprint density at radius 3 is 2.56 bits per heavy atom. The maximum absolute atomic E-state index is 11.5. The summed E-state index contributed by atoms with van der Waals surface area (Å²) in [7, 11) is 0. The summed E-state index contributed by atoms with van der Waals surface area (Å²) in [5.41, 5.74) is 0.755. The monoisotopic (exact) mass is 330 g/mol. The quantitative estimate of drug-likeness (QED) is 0.772. The molecule has 0 heterocycles. The van der Waals surface area contributed by atoms with Crippen molar-refractivity contribution in [1.82, 2.24) is 0 Å². The van der Waals surface area contributed by atoms with Gasteiger partial charge in [0, 0.05) is 22.3 Å². The van der Waals surface area contributed by atoms with Gasteiger partial charge in [-0.2, -0.15) is 11.8 Å². The number of nitrogens with one attached hydrogen (secondary N) is 1. The molecule has 0 aliphatic rings. The lowest BCUT2D eigenvalue weighted by Gasteiger charge is -2.05. The minimum absolute atomic E-state index is 0.0195. The van der Waals surface area contributed by atoms with Gasteiger partial charge in [-0.3, -0.25) is 4.79 Å². The first-order valence-corrected chi connectivity index (χ1v) is 7.35. The van der Waals surface area contributed by atoms with Crippen molar-refractivity contribution < 1.29 is 14.7 Å². The van der Waals surface area contributed by atoms with Crippen molar-refractivity contribution in [1.29, 1.82) is 0 Å². The average molecular weight is 331 g/mol. The first-order chi connectivity index (χ1) is 8.58. The number of anilines is 1. The summed E-state index contributed by atoms with van der Waals surface area (Å²) in [4.78, 5) is 21.7. The Balaban J connectivity index is 2.17. The third kappa shape index (κ3) is 6.66. The van der Waals surface area contributed by atoms with Crippen molar-refractivity contribution in [3.63, 3.8) is 0 Å². The van der Waals surface area contributed by atoms with Crippen LogP contribution in [0, 0.1) is 0 Å².